The molecule has 24 heavy (non-hydrogen) atoms. The summed E-state index contributed by atoms with van der Waals surface area (Å²) >= 11 is 12.9. The van der Waals surface area contributed by atoms with Gasteiger partial charge in [-0.1, -0.05) is 47.1 Å². The molecule has 0 aliphatic heterocycles. The lowest BCUT2D eigenvalue weighted by molar-refractivity contribution is 0.102. The average Bonchev–Trinajstić information content (AvgIpc) is 3.02. The van der Waals surface area contributed by atoms with Crippen LogP contribution in [0.25, 0.3) is 11.5 Å². The SMILES string of the molecule is O=C(CSc1nnc(-c2ccccc2O)o1)c1ccc(Cl)cc1Cl. The maximum absolute atomic E-state index is 12.2. The van der Waals surface area contributed by atoms with Gasteiger partial charge >= 0.3 is 0 Å². The summed E-state index contributed by atoms with van der Waals surface area (Å²) in [5.74, 6) is 0.141. The molecule has 1 aromatic heterocycles. The molecule has 0 fully saturated rings. The number of nitrogens with zero attached hydrogens (tertiary/aromatic N) is 2. The molecule has 1 N–H and O–H groups in total. The zero-order chi connectivity index (χ0) is 17.1. The normalized spacial score (nSPS) is 10.8. The molecule has 122 valence electrons. The van der Waals surface area contributed by atoms with E-state index < -0.39 is 0 Å². The second kappa shape index (κ2) is 7.25. The van der Waals surface area contributed by atoms with Gasteiger partial charge in [0.1, 0.15) is 5.75 Å². The third-order valence-electron chi connectivity index (χ3n) is 3.10. The minimum atomic E-state index is -0.177. The fraction of sp³-hybridized carbons (Fsp3) is 0.0625. The standard InChI is InChI=1S/C16H10Cl2N2O3S/c17-9-5-6-10(12(18)7-9)14(22)8-24-16-20-19-15(23-16)11-3-1-2-4-13(11)21/h1-7,21H,8H2. The zero-order valence-electron chi connectivity index (χ0n) is 12.1. The van der Waals surface area contributed by atoms with Crippen LogP contribution in [0.5, 0.6) is 5.75 Å². The van der Waals surface area contributed by atoms with E-state index in [2.05, 4.69) is 10.2 Å². The Kier molecular flexibility index (Phi) is 5.08. The number of carbonyl (C=O) groups is 1. The predicted octanol–water partition coefficient (Wildman–Crippen LogP) is 4.72. The first-order valence-corrected chi connectivity index (χ1v) is 8.51. The molecule has 0 radical (unpaired) electrons. The second-order valence-corrected chi connectivity index (χ2v) is 6.50. The number of rotatable bonds is 5. The van der Waals surface area contributed by atoms with Crippen LogP contribution in [0.15, 0.2) is 52.1 Å². The van der Waals surface area contributed by atoms with Gasteiger partial charge in [0.05, 0.1) is 16.3 Å². The van der Waals surface area contributed by atoms with E-state index >= 15 is 0 Å². The van der Waals surface area contributed by atoms with Crippen molar-refractivity contribution in [3.05, 3.63) is 58.1 Å². The van der Waals surface area contributed by atoms with Crippen LogP contribution in [0.1, 0.15) is 10.4 Å². The minimum absolute atomic E-state index is 0.0433. The highest BCUT2D eigenvalue weighted by Gasteiger charge is 2.16. The number of aromatic hydroxyl groups is 1. The Morgan fingerprint density at radius 1 is 1.17 bits per heavy atom. The first-order chi connectivity index (χ1) is 11.5. The van der Waals surface area contributed by atoms with Crippen molar-refractivity contribution in [3.63, 3.8) is 0 Å². The van der Waals surface area contributed by atoms with Gasteiger partial charge in [-0.25, -0.2) is 0 Å². The van der Waals surface area contributed by atoms with E-state index in [1.807, 2.05) is 0 Å². The van der Waals surface area contributed by atoms with Gasteiger partial charge in [-0.05, 0) is 30.3 Å². The molecular formula is C16H10Cl2N2O3S. The predicted molar refractivity (Wildman–Crippen MR) is 92.9 cm³/mol. The highest BCUT2D eigenvalue weighted by atomic mass is 35.5. The summed E-state index contributed by atoms with van der Waals surface area (Å²) in [5, 5.41) is 18.5. The van der Waals surface area contributed by atoms with E-state index in [9.17, 15) is 9.90 Å². The van der Waals surface area contributed by atoms with Crippen LogP contribution in [-0.4, -0.2) is 26.8 Å². The van der Waals surface area contributed by atoms with Crippen LogP contribution in [0.2, 0.25) is 10.0 Å². The Morgan fingerprint density at radius 3 is 2.71 bits per heavy atom. The first kappa shape index (κ1) is 16.8. The number of para-hydroxylation sites is 1. The van der Waals surface area contributed by atoms with Gasteiger partial charge in [0.15, 0.2) is 5.78 Å². The van der Waals surface area contributed by atoms with Crippen LogP contribution < -0.4 is 0 Å². The Hall–Kier alpha value is -2.02. The fourth-order valence-corrected chi connectivity index (χ4v) is 3.11. The van der Waals surface area contributed by atoms with E-state index in [0.29, 0.717) is 21.2 Å². The van der Waals surface area contributed by atoms with Gasteiger partial charge in [0, 0.05) is 10.6 Å². The molecule has 0 bridgehead atoms. The maximum Gasteiger partial charge on any atom is 0.277 e. The number of phenolic OH excluding ortho intramolecular Hbond substituents is 1. The van der Waals surface area contributed by atoms with Gasteiger partial charge in [-0.15, -0.1) is 10.2 Å². The molecule has 0 saturated carbocycles. The first-order valence-electron chi connectivity index (χ1n) is 6.77. The second-order valence-electron chi connectivity index (χ2n) is 4.73. The van der Waals surface area contributed by atoms with Gasteiger partial charge < -0.3 is 9.52 Å². The van der Waals surface area contributed by atoms with Crippen LogP contribution in [0, 0.1) is 0 Å². The van der Waals surface area contributed by atoms with Crippen molar-refractivity contribution in [2.75, 3.05) is 5.75 Å². The monoisotopic (exact) mass is 380 g/mol. The molecule has 2 aromatic carbocycles. The highest BCUT2D eigenvalue weighted by Crippen LogP contribution is 2.30. The van der Waals surface area contributed by atoms with E-state index in [-0.39, 0.29) is 28.4 Å². The number of ketones is 1. The lowest BCUT2D eigenvalue weighted by Crippen LogP contribution is -2.03. The number of aromatic nitrogens is 2. The smallest absolute Gasteiger partial charge is 0.277 e. The van der Waals surface area contributed by atoms with Gasteiger partial charge in [0.2, 0.25) is 0 Å². The van der Waals surface area contributed by atoms with Crippen LogP contribution >= 0.6 is 35.0 Å². The lowest BCUT2D eigenvalue weighted by atomic mass is 10.1. The summed E-state index contributed by atoms with van der Waals surface area (Å²) in [7, 11) is 0. The Bertz CT molecular complexity index is 899. The van der Waals surface area contributed by atoms with Crippen molar-refractivity contribution in [2.24, 2.45) is 0 Å². The minimum Gasteiger partial charge on any atom is -0.507 e. The van der Waals surface area contributed by atoms with Gasteiger partial charge in [-0.3, -0.25) is 4.79 Å². The van der Waals surface area contributed by atoms with E-state index in [1.165, 1.54) is 12.1 Å². The Balaban J connectivity index is 1.69. The maximum atomic E-state index is 12.2. The quantitative estimate of drug-likeness (QED) is 0.509. The molecule has 0 unspecified atom stereocenters. The zero-order valence-corrected chi connectivity index (χ0v) is 14.4. The number of halogens is 2. The number of benzene rings is 2. The molecule has 3 aromatic rings. The Labute approximate surface area is 151 Å². The van der Waals surface area contributed by atoms with Crippen molar-refractivity contribution >= 4 is 40.7 Å². The third-order valence-corrected chi connectivity index (χ3v) is 4.47. The van der Waals surface area contributed by atoms with E-state index in [4.69, 9.17) is 27.6 Å². The molecule has 0 amide bonds. The van der Waals surface area contributed by atoms with Crippen molar-refractivity contribution in [3.8, 4) is 17.2 Å². The molecule has 8 heteroatoms. The van der Waals surface area contributed by atoms with Crippen LogP contribution in [0.3, 0.4) is 0 Å². The molecule has 0 atom stereocenters. The van der Waals surface area contributed by atoms with Crippen molar-refractivity contribution in [1.29, 1.82) is 0 Å². The van der Waals surface area contributed by atoms with Crippen molar-refractivity contribution < 1.29 is 14.3 Å². The van der Waals surface area contributed by atoms with E-state index in [1.54, 1.807) is 30.3 Å². The largest absolute Gasteiger partial charge is 0.507 e. The molecule has 0 aliphatic rings. The number of carbonyl (C=O) groups excluding carboxylic acids is 1. The molecule has 0 spiro atoms. The average molecular weight is 381 g/mol. The summed E-state index contributed by atoms with van der Waals surface area (Å²) in [6.07, 6.45) is 0. The molecule has 5 nitrogen and oxygen atoms in total. The summed E-state index contributed by atoms with van der Waals surface area (Å²) in [4.78, 5) is 12.2. The molecule has 3 rings (SSSR count). The van der Waals surface area contributed by atoms with Crippen molar-refractivity contribution in [1.82, 2.24) is 10.2 Å². The molecule has 1 heterocycles. The van der Waals surface area contributed by atoms with Crippen molar-refractivity contribution in [2.45, 2.75) is 5.22 Å². The molecule has 0 aliphatic carbocycles. The number of thioether (sulfide) groups is 1. The summed E-state index contributed by atoms with van der Waals surface area (Å²) in [5.41, 5.74) is 0.818. The lowest BCUT2D eigenvalue weighted by Gasteiger charge is -2.02. The molecular weight excluding hydrogens is 371 g/mol. The number of Topliss-reactive ketones (excluding diaryl/α,β-unsaturated/α-hetero) is 1. The number of hydrogen-bond donors (Lipinski definition) is 1. The van der Waals surface area contributed by atoms with Gasteiger partial charge in [0.25, 0.3) is 11.1 Å². The third kappa shape index (κ3) is 3.72. The Morgan fingerprint density at radius 2 is 1.96 bits per heavy atom. The number of phenols is 1. The summed E-state index contributed by atoms with van der Waals surface area (Å²) in [6, 6.07) is 11.3. The summed E-state index contributed by atoms with van der Waals surface area (Å²) in [6.45, 7) is 0. The van der Waals surface area contributed by atoms with Crippen LogP contribution in [0.4, 0.5) is 0 Å². The van der Waals surface area contributed by atoms with Crippen LogP contribution in [-0.2, 0) is 0 Å². The topological polar surface area (TPSA) is 76.2 Å². The fourth-order valence-electron chi connectivity index (χ4n) is 1.95. The van der Waals surface area contributed by atoms with E-state index in [0.717, 1.165) is 11.8 Å². The highest BCUT2D eigenvalue weighted by molar-refractivity contribution is 7.99. The summed E-state index contributed by atoms with van der Waals surface area (Å²) < 4.78 is 5.46. The number of hydrogen-bond acceptors (Lipinski definition) is 6. The molecule has 0 saturated heterocycles. The van der Waals surface area contributed by atoms with Gasteiger partial charge in [-0.2, -0.15) is 0 Å².